The lowest BCUT2D eigenvalue weighted by molar-refractivity contribution is 0.114. The summed E-state index contributed by atoms with van der Waals surface area (Å²) in [6.07, 6.45) is 29.5. The molecular formula is C58H104O12S6. The molecule has 12 unspecified atom stereocenters. The van der Waals surface area contributed by atoms with Crippen molar-refractivity contribution in [3.05, 3.63) is 0 Å². The Bertz CT molecular complexity index is 1280. The molecule has 0 N–H and O–H groups in total. The molecule has 18 heteroatoms. The second-order valence-electron chi connectivity index (χ2n) is 22.2. The van der Waals surface area contributed by atoms with Crippen LogP contribution in [0.3, 0.4) is 0 Å². The van der Waals surface area contributed by atoms with Crippen molar-refractivity contribution >= 4 is 70.6 Å². The highest BCUT2D eigenvalue weighted by atomic mass is 32.2. The summed E-state index contributed by atoms with van der Waals surface area (Å²) >= 11 is 13.8. The van der Waals surface area contributed by atoms with E-state index in [0.29, 0.717) is 68.1 Å². The van der Waals surface area contributed by atoms with Crippen molar-refractivity contribution < 1.29 is 56.8 Å². The smallest absolute Gasteiger partial charge is 0.104 e. The first kappa shape index (κ1) is 65.2. The summed E-state index contributed by atoms with van der Waals surface area (Å²) in [4.78, 5) is 0. The predicted octanol–water partition coefficient (Wildman–Crippen LogP) is 11.7. The highest BCUT2D eigenvalue weighted by molar-refractivity contribution is 8.02. The molecule has 0 radical (unpaired) electrons. The average Bonchev–Trinajstić information content (AvgIpc) is 4.19. The van der Waals surface area contributed by atoms with Gasteiger partial charge in [-0.1, -0.05) is 19.3 Å². The van der Waals surface area contributed by atoms with E-state index in [1.165, 1.54) is 137 Å². The summed E-state index contributed by atoms with van der Waals surface area (Å²) in [5, 5.41) is 4.02. The van der Waals surface area contributed by atoms with E-state index in [4.69, 9.17) is 56.8 Å². The van der Waals surface area contributed by atoms with E-state index >= 15 is 0 Å². The van der Waals surface area contributed by atoms with Gasteiger partial charge in [0, 0.05) is 71.1 Å². The van der Waals surface area contributed by atoms with Crippen LogP contribution >= 0.6 is 70.6 Å². The second kappa shape index (κ2) is 42.4. The Morgan fingerprint density at radius 2 is 0.447 bits per heavy atom. The van der Waals surface area contributed by atoms with Gasteiger partial charge >= 0.3 is 0 Å². The van der Waals surface area contributed by atoms with Crippen LogP contribution in [0.25, 0.3) is 0 Å². The Labute approximate surface area is 487 Å². The van der Waals surface area contributed by atoms with Gasteiger partial charge in [-0.25, -0.2) is 0 Å². The lowest BCUT2D eigenvalue weighted by Gasteiger charge is -2.32. The minimum atomic E-state index is 0.338. The monoisotopic (exact) mass is 1180 g/mol. The number of rotatable bonds is 48. The molecule has 0 amide bonds. The highest BCUT2D eigenvalue weighted by Crippen LogP contribution is 2.40. The molecule has 0 spiro atoms. The maximum Gasteiger partial charge on any atom is 0.104 e. The molecule has 12 atom stereocenters. The fourth-order valence-corrected chi connectivity index (χ4v) is 18.7. The fraction of sp³-hybridized carbons (Fsp3) is 1.00. The van der Waals surface area contributed by atoms with Gasteiger partial charge in [0.15, 0.2) is 0 Å². The Kier molecular flexibility index (Phi) is 36.4. The van der Waals surface area contributed by atoms with E-state index in [-0.39, 0.29) is 0 Å². The van der Waals surface area contributed by atoms with Crippen molar-refractivity contribution in [2.45, 2.75) is 209 Å². The minimum Gasteiger partial charge on any atom is -0.379 e. The summed E-state index contributed by atoms with van der Waals surface area (Å²) < 4.78 is 68.4. The third-order valence-corrected chi connectivity index (χ3v) is 23.0. The van der Waals surface area contributed by atoms with Gasteiger partial charge in [0.1, 0.15) is 36.6 Å². The standard InChI is InChI=1S/C58H104O12S6/c1-2-16-53(71-24-10-4-18-59-35-47-41-65-47)30-55(73-26-12-6-20-61-37-49-43-67-49)32-57(75-28-14-8-22-63-39-51-45-69-51)34-58(76-29-15-9-23-64-40-52-46-70-52)33-56(74-27-13-7-21-62-38-50-44-68-50)31-54(17-3-1)72-25-11-5-19-60-36-48-42-66-48/h47-58H,1-46H2. The van der Waals surface area contributed by atoms with Crippen LogP contribution < -0.4 is 0 Å². The Morgan fingerprint density at radius 1 is 0.250 bits per heavy atom. The molecule has 1 aliphatic carbocycles. The van der Waals surface area contributed by atoms with Crippen LogP contribution in [-0.2, 0) is 56.8 Å². The van der Waals surface area contributed by atoms with Gasteiger partial charge in [0.05, 0.1) is 79.3 Å². The topological polar surface area (TPSA) is 131 Å². The number of hydrogen-bond donors (Lipinski definition) is 0. The van der Waals surface area contributed by atoms with E-state index in [0.717, 1.165) is 157 Å². The van der Waals surface area contributed by atoms with Crippen LogP contribution in [0.2, 0.25) is 0 Å². The van der Waals surface area contributed by atoms with Crippen LogP contribution in [0.15, 0.2) is 0 Å². The van der Waals surface area contributed by atoms with Crippen molar-refractivity contribution in [2.75, 3.05) is 153 Å². The van der Waals surface area contributed by atoms with Crippen LogP contribution in [0.5, 0.6) is 0 Å². The van der Waals surface area contributed by atoms with Gasteiger partial charge in [-0.15, -0.1) is 0 Å². The predicted molar refractivity (Wildman–Crippen MR) is 322 cm³/mol. The zero-order chi connectivity index (χ0) is 52.2. The molecule has 0 aromatic rings. The van der Waals surface area contributed by atoms with Gasteiger partial charge in [0.25, 0.3) is 0 Å². The van der Waals surface area contributed by atoms with Crippen LogP contribution in [-0.4, -0.2) is 222 Å². The summed E-state index contributed by atoms with van der Waals surface area (Å²) in [5.41, 5.74) is 0. The maximum absolute atomic E-state index is 6.03. The van der Waals surface area contributed by atoms with Crippen LogP contribution in [0.4, 0.5) is 0 Å². The largest absolute Gasteiger partial charge is 0.379 e. The number of thioether (sulfide) groups is 6. The first-order valence-corrected chi connectivity index (χ1v) is 36.8. The molecular weight excluding hydrogens is 1080 g/mol. The minimum absolute atomic E-state index is 0.338. The SMILES string of the molecule is C1CCC(SCCCCOCC2CO2)CC(SCCCCOCC2CO2)CC(SCCCCOCC2CO2)CC(SCCCCOCC2CO2)CC(SCCCCOCC2CO2)CC(SCCCCOCC2CO2)CC1. The van der Waals surface area contributed by atoms with Crippen molar-refractivity contribution in [3.63, 3.8) is 0 Å². The molecule has 1 saturated carbocycles. The molecule has 0 aromatic heterocycles. The molecule has 0 aromatic carbocycles. The molecule has 444 valence electrons. The molecule has 0 bridgehead atoms. The second-order valence-corrected chi connectivity index (χ2v) is 30.6. The molecule has 7 rings (SSSR count). The zero-order valence-electron chi connectivity index (χ0n) is 46.8. The molecule has 12 nitrogen and oxygen atoms in total. The summed E-state index contributed by atoms with van der Waals surface area (Å²) in [6.45, 7) is 14.9. The first-order chi connectivity index (χ1) is 37.7. The summed E-state index contributed by atoms with van der Waals surface area (Å²) in [5.74, 6) is 7.34. The van der Waals surface area contributed by atoms with Gasteiger partial charge in [0.2, 0.25) is 0 Å². The number of hydrogen-bond acceptors (Lipinski definition) is 18. The summed E-state index contributed by atoms with van der Waals surface area (Å²) in [6, 6.07) is 0. The number of ether oxygens (including phenoxy) is 12. The number of unbranched alkanes of at least 4 members (excludes halogenated alkanes) is 6. The Hall–Kier alpha value is 1.62. The molecule has 6 heterocycles. The van der Waals surface area contributed by atoms with Crippen molar-refractivity contribution in [3.8, 4) is 0 Å². The van der Waals surface area contributed by atoms with Crippen molar-refractivity contribution in [1.29, 1.82) is 0 Å². The summed E-state index contributed by atoms with van der Waals surface area (Å²) in [7, 11) is 0. The lowest BCUT2D eigenvalue weighted by atomic mass is 9.99. The maximum atomic E-state index is 6.03. The molecule has 6 saturated heterocycles. The Morgan fingerprint density at radius 3 is 0.658 bits per heavy atom. The highest BCUT2D eigenvalue weighted by Gasteiger charge is 2.30. The normalized spacial score (nSPS) is 30.6. The zero-order valence-corrected chi connectivity index (χ0v) is 51.7. The van der Waals surface area contributed by atoms with E-state index < -0.39 is 0 Å². The third-order valence-electron chi connectivity index (χ3n) is 14.6. The lowest BCUT2D eigenvalue weighted by Crippen LogP contribution is -2.25. The van der Waals surface area contributed by atoms with Gasteiger partial charge in [-0.2, -0.15) is 70.6 Å². The van der Waals surface area contributed by atoms with E-state index in [1.54, 1.807) is 0 Å². The van der Waals surface area contributed by atoms with Crippen LogP contribution in [0, 0.1) is 0 Å². The van der Waals surface area contributed by atoms with Crippen molar-refractivity contribution in [2.24, 2.45) is 0 Å². The third kappa shape index (κ3) is 36.4. The van der Waals surface area contributed by atoms with E-state index in [2.05, 4.69) is 70.6 Å². The molecule has 7 aliphatic rings. The molecule has 76 heavy (non-hydrogen) atoms. The van der Waals surface area contributed by atoms with Crippen molar-refractivity contribution in [1.82, 2.24) is 0 Å². The molecule has 6 aliphatic heterocycles. The van der Waals surface area contributed by atoms with Crippen LogP contribution in [0.1, 0.15) is 141 Å². The fourth-order valence-electron chi connectivity index (χ4n) is 9.47. The quantitative estimate of drug-likeness (QED) is 0.0422. The Balaban J connectivity index is 1.02. The molecule has 7 fully saturated rings. The van der Waals surface area contributed by atoms with E-state index in [9.17, 15) is 0 Å². The first-order valence-electron chi connectivity index (χ1n) is 30.6. The van der Waals surface area contributed by atoms with Gasteiger partial charge in [-0.3, -0.25) is 0 Å². The van der Waals surface area contributed by atoms with Gasteiger partial charge in [-0.05, 0) is 157 Å². The van der Waals surface area contributed by atoms with Gasteiger partial charge < -0.3 is 56.8 Å². The average molecular weight is 1190 g/mol. The number of epoxide rings is 6. The van der Waals surface area contributed by atoms with E-state index in [1.807, 2.05) is 0 Å².